The van der Waals surface area contributed by atoms with Gasteiger partial charge in [0.15, 0.2) is 0 Å². The third-order valence-corrected chi connectivity index (χ3v) is 2.51. The standard InChI is InChI=1S/C5H9.CH.40W/c1-5(2,3)4;;;;;;;;;;;;;;;;;;;;;;;;;;;;;;;;;;;;;;;;;/h1-3H3;1H;;;;;;;;;;;;;;;;;;;;;;;;;;;;;;;;;;;;;;;;/q2*-1;;;;;;;;;;;;;;;;;;;;;;;;;;;;;;;;;;;;;;;;. The van der Waals surface area contributed by atoms with Crippen molar-refractivity contribution in [2.45, 2.75) is 20.8 Å². The summed E-state index contributed by atoms with van der Waals surface area (Å²) >= 11 is 9.19. The molecule has 0 saturated carbocycles. The van der Waals surface area contributed by atoms with Crippen LogP contribution in [0.1, 0.15) is 20.8 Å². The Bertz CT molecular complexity index is 95.5. The van der Waals surface area contributed by atoms with E-state index in [1.807, 2.05) is 0 Å². The predicted octanol–water partition coefficient (Wildman–Crippen LogP) is 1.01. The van der Waals surface area contributed by atoms with Crippen molar-refractivity contribution in [3.63, 3.8) is 0 Å². The van der Waals surface area contributed by atoms with Gasteiger partial charge in [-0.1, -0.05) is 0 Å². The molecule has 276 valence electrons. The first kappa shape index (κ1) is 308. The second-order valence-corrected chi connectivity index (χ2v) is 3.09. The van der Waals surface area contributed by atoms with Crippen molar-refractivity contribution in [1.29, 1.82) is 0 Å². The molecule has 0 aliphatic carbocycles. The van der Waals surface area contributed by atoms with Gasteiger partial charge in [0.1, 0.15) is 0 Å². The summed E-state index contributed by atoms with van der Waals surface area (Å²) in [5, 5.41) is 0. The van der Waals surface area contributed by atoms with E-state index in [-0.39, 0.29) is 716 Å². The van der Waals surface area contributed by atoms with Crippen LogP contribution >= 0.6 is 0 Å². The van der Waals surface area contributed by atoms with Gasteiger partial charge < -0.3 is 0 Å². The fourth-order valence-electron chi connectivity index (χ4n) is 0. The molecule has 0 bridgehead atoms. The molecule has 0 aliphatic rings. The Hall–Kier alpha value is 27.3. The van der Waals surface area contributed by atoms with E-state index in [1.54, 1.807) is 64.9 Å². The summed E-state index contributed by atoms with van der Waals surface area (Å²) in [4.78, 5) is 4.58. The molecule has 0 aliphatic heterocycles. The zero-order valence-electron chi connectivity index (χ0n) is 20.9. The molecule has 0 aromatic heterocycles. The number of rotatable bonds is 0. The van der Waals surface area contributed by atoms with Gasteiger partial charge >= 0.3 is 139 Å². The van der Waals surface area contributed by atoms with Crippen molar-refractivity contribution < 1.29 is 820 Å². The summed E-state index contributed by atoms with van der Waals surface area (Å²) < 4.78 is 3.19. The summed E-state index contributed by atoms with van der Waals surface area (Å²) in [6.45, 7) is 6.46. The number of hydrogen-bond donors (Lipinski definition) is 0. The monoisotopic (exact) mass is 7440 g/mol. The van der Waals surface area contributed by atoms with Crippen LogP contribution < -0.4 is 0 Å². The predicted molar refractivity (Wildman–Crippen MR) is 30.5 cm³/mol. The molecule has 0 N–H and O–H groups in total. The fourth-order valence-corrected chi connectivity index (χ4v) is 0. The second-order valence-electron chi connectivity index (χ2n) is 2.35. The van der Waals surface area contributed by atoms with Gasteiger partial charge in [-0.25, -0.2) is 0 Å². The molecule has 0 aromatic rings. The van der Waals surface area contributed by atoms with Crippen molar-refractivity contribution in [2.24, 2.45) is 5.41 Å². The molecule has 0 rings (SSSR count). The van der Waals surface area contributed by atoms with E-state index < -0.39 is 0 Å². The maximum absolute atomic E-state index is 4.58. The third-order valence-electron chi connectivity index (χ3n) is 0.306. The van der Waals surface area contributed by atoms with E-state index in [2.05, 4.69) is 30.1 Å². The molecule has 0 amide bonds. The van der Waals surface area contributed by atoms with E-state index >= 15 is 0 Å². The molecule has 0 radical (unpaired) electrons. The SMILES string of the molecule is CC(C)(C)[C-]=[W].[CH-]=[W].[W].[W].[W].[W].[W].[W].[W].[W].[W].[W].[W].[W].[W].[W].[W].[W].[W].[W].[W].[W].[W].[W].[W].[W].[W].[W].[W].[W].[W].[W].[W].[W].[W].[W].[W]=[W].[W]=[W]. The van der Waals surface area contributed by atoms with Crippen LogP contribution in [0.2, 0.25) is 0 Å². The summed E-state index contributed by atoms with van der Waals surface area (Å²) in [6.07, 6.45) is 0. The van der Waals surface area contributed by atoms with Crippen LogP contribution in [-0.4, -0.2) is 9.30 Å². The average Bonchev–Trinajstić information content (AvgIpc) is 2.14. The Morgan fingerprint density at radius 2 is 0.283 bits per heavy atom. The van der Waals surface area contributed by atoms with Crippen molar-refractivity contribution in [3.8, 4) is 0 Å². The van der Waals surface area contributed by atoms with Crippen LogP contribution in [0.25, 0.3) is 0 Å². The van der Waals surface area contributed by atoms with Gasteiger partial charge in [0, 0.05) is 716 Å². The maximum atomic E-state index is 4.58. The number of hydrogen-bond acceptors (Lipinski definition) is 0. The van der Waals surface area contributed by atoms with E-state index in [9.17, 15) is 0 Å². The van der Waals surface area contributed by atoms with Gasteiger partial charge in [-0.2, -0.15) is 0 Å². The Morgan fingerprint density at radius 1 is 0.261 bits per heavy atom. The first-order valence-corrected chi connectivity index (χ1v) is 27.7. The fraction of sp³-hybridized carbons (Fsp3) is 0.667. The van der Waals surface area contributed by atoms with Crippen LogP contribution in [0.5, 0.6) is 0 Å². The van der Waals surface area contributed by atoms with Crippen molar-refractivity contribution in [2.75, 3.05) is 0 Å². The molecular formula is C6H10W40-2. The van der Waals surface area contributed by atoms with Gasteiger partial charge in [-0.05, 0) is 0 Å². The molecule has 0 aromatic carbocycles. The van der Waals surface area contributed by atoms with Gasteiger partial charge in [0.25, 0.3) is 0 Å². The van der Waals surface area contributed by atoms with Crippen LogP contribution in [0.15, 0.2) is 0 Å². The van der Waals surface area contributed by atoms with E-state index in [4.69, 9.17) is 0 Å². The molecule has 0 heterocycles. The quantitative estimate of drug-likeness (QED) is 0.319. The molecule has 40 heteroatoms. The normalized spacial score (nSPS) is 1.72. The first-order valence-electron chi connectivity index (χ1n) is 2.52. The van der Waals surface area contributed by atoms with Crippen molar-refractivity contribution in [1.82, 2.24) is 0 Å². The summed E-state index contributed by atoms with van der Waals surface area (Å²) in [6, 6.07) is 0. The summed E-state index contributed by atoms with van der Waals surface area (Å²) in [5.41, 5.74) is 0.329. The molecular weight excluding hydrogens is 7430 g/mol. The zero-order valence-corrected chi connectivity index (χ0v) is 138. The molecule has 46 heavy (non-hydrogen) atoms. The van der Waals surface area contributed by atoms with E-state index in [0.29, 0.717) is 5.41 Å². The summed E-state index contributed by atoms with van der Waals surface area (Å²) in [7, 11) is 0. The third kappa shape index (κ3) is 384. The molecule has 0 spiro atoms. The van der Waals surface area contributed by atoms with Crippen LogP contribution in [0, 0.1) is 5.41 Å². The van der Waals surface area contributed by atoms with E-state index in [1.165, 1.54) is 19.4 Å². The summed E-state index contributed by atoms with van der Waals surface area (Å²) in [5.74, 6) is 0. The molecule has 0 saturated heterocycles. The van der Waals surface area contributed by atoms with Crippen LogP contribution in [0.4, 0.5) is 0 Å². The van der Waals surface area contributed by atoms with Gasteiger partial charge in [0.05, 0.1) is 0 Å². The molecule has 0 fully saturated rings. The van der Waals surface area contributed by atoms with Crippen molar-refractivity contribution in [3.05, 3.63) is 0 Å². The Kier molecular flexibility index (Phi) is 2090. The zero-order chi connectivity index (χ0) is 11.2. The average molecular weight is 7440 g/mol. The minimum atomic E-state index is 0. The van der Waals surface area contributed by atoms with Gasteiger partial charge in [-0.3, -0.25) is 0 Å². The van der Waals surface area contributed by atoms with E-state index in [0.717, 1.165) is 19.4 Å². The second kappa shape index (κ2) is 313. The first-order chi connectivity index (χ1) is 5.56. The van der Waals surface area contributed by atoms with Crippen LogP contribution in [0.3, 0.4) is 0 Å². The molecule has 0 nitrogen and oxygen atoms in total. The minimum absolute atomic E-state index is 0. The Morgan fingerprint density at radius 3 is 0.283 bits per heavy atom. The van der Waals surface area contributed by atoms with Crippen LogP contribution in [-0.2, 0) is 820 Å². The Balaban J connectivity index is -0.000000000429. The molecule has 0 atom stereocenters. The van der Waals surface area contributed by atoms with Gasteiger partial charge in [0.2, 0.25) is 0 Å². The Labute approximate surface area is 829 Å². The topological polar surface area (TPSA) is 0 Å². The molecule has 0 unspecified atom stereocenters. The van der Waals surface area contributed by atoms with Crippen molar-refractivity contribution >= 4 is 9.30 Å². The van der Waals surface area contributed by atoms with Gasteiger partial charge in [-0.15, -0.1) is 0 Å².